The van der Waals surface area contributed by atoms with E-state index in [9.17, 15) is 12.8 Å². The van der Waals surface area contributed by atoms with Crippen molar-refractivity contribution in [3.05, 3.63) is 40.2 Å². The zero-order chi connectivity index (χ0) is 13.3. The number of nitrogens with one attached hydrogen (secondary N) is 1. The van der Waals surface area contributed by atoms with Crippen molar-refractivity contribution in [2.24, 2.45) is 0 Å². The van der Waals surface area contributed by atoms with Crippen molar-refractivity contribution in [2.75, 3.05) is 4.72 Å². The van der Waals surface area contributed by atoms with E-state index < -0.39 is 15.8 Å². The summed E-state index contributed by atoms with van der Waals surface area (Å²) in [5.74, 6) is -0.630. The molecule has 0 radical (unpaired) electrons. The summed E-state index contributed by atoms with van der Waals surface area (Å²) in [6.07, 6.45) is 1.13. The molecule has 96 valence electrons. The maximum atomic E-state index is 13.5. The number of nitrogens with zero attached hydrogens (tertiary/aromatic N) is 1. The first-order chi connectivity index (χ1) is 8.38. The van der Waals surface area contributed by atoms with Crippen LogP contribution in [0.3, 0.4) is 0 Å². The molecule has 0 atom stereocenters. The minimum Gasteiger partial charge on any atom is -0.276 e. The lowest BCUT2D eigenvalue weighted by Gasteiger charge is -2.07. The van der Waals surface area contributed by atoms with Gasteiger partial charge in [0.15, 0.2) is 8.68 Å². The van der Waals surface area contributed by atoms with Crippen LogP contribution in [0.25, 0.3) is 0 Å². The molecule has 0 amide bonds. The molecule has 1 aromatic heterocycles. The summed E-state index contributed by atoms with van der Waals surface area (Å²) < 4.78 is 39.5. The van der Waals surface area contributed by atoms with Gasteiger partial charge in [-0.05, 0) is 24.6 Å². The van der Waals surface area contributed by atoms with Gasteiger partial charge in [-0.1, -0.05) is 29.0 Å². The summed E-state index contributed by atoms with van der Waals surface area (Å²) >= 11 is 6.37. The summed E-state index contributed by atoms with van der Waals surface area (Å²) in [7, 11) is -3.85. The molecular weight excluding hydrogens is 299 g/mol. The number of thiazole rings is 1. The number of aryl methyl sites for hydroxylation is 1. The Morgan fingerprint density at radius 3 is 2.72 bits per heavy atom. The Bertz CT molecular complexity index is 685. The zero-order valence-electron chi connectivity index (χ0n) is 9.15. The lowest BCUT2D eigenvalue weighted by Crippen LogP contribution is -2.12. The molecule has 2 aromatic rings. The molecule has 8 heteroatoms. The Labute approximate surface area is 112 Å². The lowest BCUT2D eigenvalue weighted by molar-refractivity contribution is 0.600. The molecule has 18 heavy (non-hydrogen) atoms. The van der Waals surface area contributed by atoms with Crippen LogP contribution in [0.15, 0.2) is 28.6 Å². The highest BCUT2D eigenvalue weighted by atomic mass is 35.5. The quantitative estimate of drug-likeness (QED) is 0.948. The van der Waals surface area contributed by atoms with Crippen LogP contribution in [-0.2, 0) is 10.0 Å². The summed E-state index contributed by atoms with van der Waals surface area (Å²) in [5, 5.41) is 0. The SMILES string of the molecule is Cc1ccc(NS(=O)(=O)c2cnc(Cl)s2)c(F)c1. The third-order valence-corrected chi connectivity index (χ3v) is 5.03. The Morgan fingerprint density at radius 2 is 2.17 bits per heavy atom. The maximum absolute atomic E-state index is 13.5. The van der Waals surface area contributed by atoms with Crippen molar-refractivity contribution in [1.82, 2.24) is 4.98 Å². The maximum Gasteiger partial charge on any atom is 0.273 e. The van der Waals surface area contributed by atoms with Gasteiger partial charge >= 0.3 is 0 Å². The van der Waals surface area contributed by atoms with Gasteiger partial charge in [0.1, 0.15) is 5.82 Å². The Kier molecular flexibility index (Phi) is 3.56. The van der Waals surface area contributed by atoms with Gasteiger partial charge in [-0.2, -0.15) is 0 Å². The van der Waals surface area contributed by atoms with E-state index in [1.807, 2.05) is 0 Å². The van der Waals surface area contributed by atoms with E-state index in [0.29, 0.717) is 5.56 Å². The van der Waals surface area contributed by atoms with E-state index in [-0.39, 0.29) is 14.4 Å². The molecule has 0 aliphatic heterocycles. The van der Waals surface area contributed by atoms with Crippen LogP contribution >= 0.6 is 22.9 Å². The fourth-order valence-electron chi connectivity index (χ4n) is 1.26. The summed E-state index contributed by atoms with van der Waals surface area (Å²) in [4.78, 5) is 3.63. The molecule has 0 saturated carbocycles. The lowest BCUT2D eigenvalue weighted by atomic mass is 10.2. The van der Waals surface area contributed by atoms with Crippen LogP contribution in [0.2, 0.25) is 4.47 Å². The number of hydrogen-bond donors (Lipinski definition) is 1. The number of sulfonamides is 1. The van der Waals surface area contributed by atoms with E-state index in [1.54, 1.807) is 13.0 Å². The summed E-state index contributed by atoms with van der Waals surface area (Å²) in [5.41, 5.74) is 0.599. The van der Waals surface area contributed by atoms with Crippen molar-refractivity contribution in [3.63, 3.8) is 0 Å². The Morgan fingerprint density at radius 1 is 1.44 bits per heavy atom. The van der Waals surface area contributed by atoms with Crippen LogP contribution in [0.5, 0.6) is 0 Å². The van der Waals surface area contributed by atoms with Crippen molar-refractivity contribution in [3.8, 4) is 0 Å². The molecule has 0 fully saturated rings. The molecule has 1 aromatic carbocycles. The molecule has 0 bridgehead atoms. The first kappa shape index (κ1) is 13.3. The fraction of sp³-hybridized carbons (Fsp3) is 0.100. The number of benzene rings is 1. The molecule has 0 unspecified atom stereocenters. The van der Waals surface area contributed by atoms with Gasteiger partial charge in [0.2, 0.25) is 0 Å². The average molecular weight is 307 g/mol. The smallest absolute Gasteiger partial charge is 0.273 e. The molecule has 0 aliphatic carbocycles. The first-order valence-corrected chi connectivity index (χ1v) is 7.46. The number of anilines is 1. The van der Waals surface area contributed by atoms with Crippen LogP contribution in [-0.4, -0.2) is 13.4 Å². The number of hydrogen-bond acceptors (Lipinski definition) is 4. The molecular formula is C10H8ClFN2O2S2. The molecule has 4 nitrogen and oxygen atoms in total. The van der Waals surface area contributed by atoms with Crippen molar-refractivity contribution >= 4 is 38.6 Å². The highest BCUT2D eigenvalue weighted by Gasteiger charge is 2.19. The number of halogens is 2. The van der Waals surface area contributed by atoms with E-state index in [1.165, 1.54) is 12.1 Å². The average Bonchev–Trinajstić information content (AvgIpc) is 2.70. The minimum atomic E-state index is -3.85. The van der Waals surface area contributed by atoms with Crippen molar-refractivity contribution < 1.29 is 12.8 Å². The monoisotopic (exact) mass is 306 g/mol. The molecule has 0 aliphatic rings. The van der Waals surface area contributed by atoms with Gasteiger partial charge in [0.05, 0.1) is 11.9 Å². The van der Waals surface area contributed by atoms with Gasteiger partial charge < -0.3 is 0 Å². The van der Waals surface area contributed by atoms with E-state index >= 15 is 0 Å². The van der Waals surface area contributed by atoms with E-state index in [2.05, 4.69) is 9.71 Å². The fourth-order valence-corrected chi connectivity index (χ4v) is 3.62. The highest BCUT2D eigenvalue weighted by molar-refractivity contribution is 7.94. The van der Waals surface area contributed by atoms with Gasteiger partial charge in [-0.25, -0.2) is 17.8 Å². The highest BCUT2D eigenvalue weighted by Crippen LogP contribution is 2.25. The molecule has 1 N–H and O–H groups in total. The molecule has 2 rings (SSSR count). The van der Waals surface area contributed by atoms with Gasteiger partial charge in [-0.15, -0.1) is 0 Å². The largest absolute Gasteiger partial charge is 0.276 e. The molecule has 0 spiro atoms. The number of aromatic nitrogens is 1. The minimum absolute atomic E-state index is 0.0625. The van der Waals surface area contributed by atoms with Crippen LogP contribution in [0.1, 0.15) is 5.56 Å². The molecule has 1 heterocycles. The summed E-state index contributed by atoms with van der Waals surface area (Å²) in [6, 6.07) is 4.23. The Balaban J connectivity index is 2.33. The normalized spacial score (nSPS) is 11.5. The van der Waals surface area contributed by atoms with E-state index in [0.717, 1.165) is 17.5 Å². The first-order valence-electron chi connectivity index (χ1n) is 4.79. The Hall–Kier alpha value is -1.18. The van der Waals surface area contributed by atoms with Gasteiger partial charge in [0, 0.05) is 0 Å². The molecule has 0 saturated heterocycles. The third-order valence-electron chi connectivity index (χ3n) is 2.09. The third kappa shape index (κ3) is 2.80. The van der Waals surface area contributed by atoms with E-state index in [4.69, 9.17) is 11.6 Å². The van der Waals surface area contributed by atoms with Gasteiger partial charge in [0.25, 0.3) is 10.0 Å². The van der Waals surface area contributed by atoms with Crippen LogP contribution in [0.4, 0.5) is 10.1 Å². The zero-order valence-corrected chi connectivity index (χ0v) is 11.5. The number of rotatable bonds is 3. The van der Waals surface area contributed by atoms with Crippen LogP contribution in [0, 0.1) is 12.7 Å². The van der Waals surface area contributed by atoms with Gasteiger partial charge in [-0.3, -0.25) is 4.72 Å². The van der Waals surface area contributed by atoms with Crippen molar-refractivity contribution in [1.29, 1.82) is 0 Å². The summed E-state index contributed by atoms with van der Waals surface area (Å²) in [6.45, 7) is 1.71. The topological polar surface area (TPSA) is 59.1 Å². The second kappa shape index (κ2) is 4.83. The second-order valence-electron chi connectivity index (χ2n) is 3.52. The predicted molar refractivity (Wildman–Crippen MR) is 69.1 cm³/mol. The van der Waals surface area contributed by atoms with Crippen LogP contribution < -0.4 is 4.72 Å². The standard InChI is InChI=1S/C10H8ClFN2O2S2/c1-6-2-3-8(7(12)4-6)14-18(15,16)9-5-13-10(11)17-9/h2-5,14H,1H3. The van der Waals surface area contributed by atoms with Crippen molar-refractivity contribution in [2.45, 2.75) is 11.1 Å². The second-order valence-corrected chi connectivity index (χ2v) is 7.04. The predicted octanol–water partition coefficient (Wildman–Crippen LogP) is 3.04.